The molecule has 0 bridgehead atoms. The van der Waals surface area contributed by atoms with E-state index in [0.717, 1.165) is 13.0 Å². The van der Waals surface area contributed by atoms with E-state index in [4.69, 9.17) is 5.73 Å². The molecule has 86 valence electrons. The number of likely N-dealkylation sites (N-methyl/N-ethyl adjacent to an activating group) is 1. The molecule has 1 aliphatic carbocycles. The van der Waals surface area contributed by atoms with Gasteiger partial charge in [-0.3, -0.25) is 0 Å². The van der Waals surface area contributed by atoms with Crippen LogP contribution in [-0.2, 0) is 0 Å². The third-order valence-electron chi connectivity index (χ3n) is 4.24. The topological polar surface area (TPSA) is 29.3 Å². The first-order chi connectivity index (χ1) is 7.81. The smallest absolute Gasteiger partial charge is 0.0405 e. The summed E-state index contributed by atoms with van der Waals surface area (Å²) in [5.41, 5.74) is 9.10. The summed E-state index contributed by atoms with van der Waals surface area (Å²) in [4.78, 5) is 2.58. The maximum atomic E-state index is 6.12. The van der Waals surface area contributed by atoms with Crippen molar-refractivity contribution in [3.05, 3.63) is 29.8 Å². The van der Waals surface area contributed by atoms with E-state index >= 15 is 0 Å². The lowest BCUT2D eigenvalue weighted by Gasteiger charge is -2.35. The first-order valence-electron chi connectivity index (χ1n) is 6.42. The first kappa shape index (κ1) is 10.2. The van der Waals surface area contributed by atoms with E-state index in [2.05, 4.69) is 36.1 Å². The summed E-state index contributed by atoms with van der Waals surface area (Å²) in [6.07, 6.45) is 3.61. The minimum Gasteiger partial charge on any atom is -0.368 e. The normalized spacial score (nSPS) is 32.4. The molecule has 3 rings (SSSR count). The quantitative estimate of drug-likeness (QED) is 0.781. The van der Waals surface area contributed by atoms with Crippen molar-refractivity contribution in [3.8, 4) is 0 Å². The SMILES string of the molecule is CCN1c2ccccc2C2CC(N)CCC21. The van der Waals surface area contributed by atoms with Gasteiger partial charge in [-0.1, -0.05) is 18.2 Å². The lowest BCUT2D eigenvalue weighted by molar-refractivity contribution is 0.351. The summed E-state index contributed by atoms with van der Waals surface area (Å²) in [5.74, 6) is 0.680. The Bertz CT molecular complexity index is 388. The summed E-state index contributed by atoms with van der Waals surface area (Å²) in [6, 6.07) is 9.99. The molecule has 1 aromatic rings. The number of hydrogen-bond donors (Lipinski definition) is 1. The molecular weight excluding hydrogens is 196 g/mol. The molecule has 1 saturated carbocycles. The molecular formula is C14H20N2. The Morgan fingerprint density at radius 3 is 2.94 bits per heavy atom. The van der Waals surface area contributed by atoms with Gasteiger partial charge in [0.2, 0.25) is 0 Å². The van der Waals surface area contributed by atoms with Crippen LogP contribution in [0.4, 0.5) is 5.69 Å². The van der Waals surface area contributed by atoms with Gasteiger partial charge in [-0.05, 0) is 37.8 Å². The number of hydrogen-bond acceptors (Lipinski definition) is 2. The van der Waals surface area contributed by atoms with Crippen molar-refractivity contribution in [3.63, 3.8) is 0 Å². The number of nitrogens with zero attached hydrogens (tertiary/aromatic N) is 1. The van der Waals surface area contributed by atoms with E-state index in [-0.39, 0.29) is 0 Å². The molecule has 2 aliphatic rings. The Kier molecular flexibility index (Phi) is 2.40. The van der Waals surface area contributed by atoms with Gasteiger partial charge in [0.05, 0.1) is 0 Å². The van der Waals surface area contributed by atoms with E-state index < -0.39 is 0 Å². The van der Waals surface area contributed by atoms with Gasteiger partial charge in [-0.2, -0.15) is 0 Å². The van der Waals surface area contributed by atoms with Crippen molar-refractivity contribution < 1.29 is 0 Å². The molecule has 1 aliphatic heterocycles. The highest BCUT2D eigenvalue weighted by Gasteiger charge is 2.40. The average molecular weight is 216 g/mol. The third kappa shape index (κ3) is 1.36. The minimum absolute atomic E-state index is 0.408. The molecule has 3 atom stereocenters. The number of rotatable bonds is 1. The van der Waals surface area contributed by atoms with E-state index in [9.17, 15) is 0 Å². The molecule has 0 amide bonds. The van der Waals surface area contributed by atoms with Crippen LogP contribution >= 0.6 is 0 Å². The van der Waals surface area contributed by atoms with Crippen LogP contribution in [0.25, 0.3) is 0 Å². The van der Waals surface area contributed by atoms with Gasteiger partial charge >= 0.3 is 0 Å². The van der Waals surface area contributed by atoms with Gasteiger partial charge < -0.3 is 10.6 Å². The van der Waals surface area contributed by atoms with Gasteiger partial charge in [0.15, 0.2) is 0 Å². The number of nitrogens with two attached hydrogens (primary N) is 1. The molecule has 1 fully saturated rings. The fourth-order valence-electron chi connectivity index (χ4n) is 3.54. The van der Waals surface area contributed by atoms with Gasteiger partial charge in [-0.15, -0.1) is 0 Å². The Balaban J connectivity index is 2.02. The molecule has 1 aromatic carbocycles. The first-order valence-corrected chi connectivity index (χ1v) is 6.42. The second kappa shape index (κ2) is 3.77. The minimum atomic E-state index is 0.408. The zero-order valence-electron chi connectivity index (χ0n) is 9.89. The molecule has 1 heterocycles. The highest BCUT2D eigenvalue weighted by Crippen LogP contribution is 2.47. The van der Waals surface area contributed by atoms with Gasteiger partial charge in [0, 0.05) is 30.2 Å². The van der Waals surface area contributed by atoms with Crippen LogP contribution in [0.5, 0.6) is 0 Å². The molecule has 3 unspecified atom stereocenters. The Labute approximate surface area is 97.4 Å². The van der Waals surface area contributed by atoms with Crippen molar-refractivity contribution in [1.29, 1.82) is 0 Å². The Morgan fingerprint density at radius 2 is 2.12 bits per heavy atom. The average Bonchev–Trinajstić information content (AvgIpc) is 2.62. The van der Waals surface area contributed by atoms with Crippen molar-refractivity contribution in [1.82, 2.24) is 0 Å². The predicted molar refractivity (Wildman–Crippen MR) is 67.8 cm³/mol. The Hall–Kier alpha value is -1.02. The third-order valence-corrected chi connectivity index (χ3v) is 4.24. The molecule has 0 radical (unpaired) electrons. The summed E-state index contributed by atoms with van der Waals surface area (Å²) < 4.78 is 0. The van der Waals surface area contributed by atoms with Crippen LogP contribution in [0.1, 0.15) is 37.7 Å². The number of benzene rings is 1. The molecule has 16 heavy (non-hydrogen) atoms. The van der Waals surface area contributed by atoms with Crippen LogP contribution in [0.15, 0.2) is 24.3 Å². The largest absolute Gasteiger partial charge is 0.368 e. The fraction of sp³-hybridized carbons (Fsp3) is 0.571. The lowest BCUT2D eigenvalue weighted by atomic mass is 9.80. The van der Waals surface area contributed by atoms with Crippen LogP contribution in [0.3, 0.4) is 0 Å². The predicted octanol–water partition coefficient (Wildman–Crippen LogP) is 2.49. The maximum Gasteiger partial charge on any atom is 0.0405 e. The molecule has 2 N–H and O–H groups in total. The van der Waals surface area contributed by atoms with Crippen LogP contribution in [0, 0.1) is 0 Å². The highest BCUT2D eigenvalue weighted by molar-refractivity contribution is 5.62. The maximum absolute atomic E-state index is 6.12. The molecule has 2 nitrogen and oxygen atoms in total. The fourth-order valence-corrected chi connectivity index (χ4v) is 3.54. The van der Waals surface area contributed by atoms with Gasteiger partial charge in [-0.25, -0.2) is 0 Å². The second-order valence-electron chi connectivity index (χ2n) is 5.09. The number of fused-ring (bicyclic) bond motifs is 3. The molecule has 0 aromatic heterocycles. The van der Waals surface area contributed by atoms with Crippen LogP contribution in [0.2, 0.25) is 0 Å². The monoisotopic (exact) mass is 216 g/mol. The highest BCUT2D eigenvalue weighted by atomic mass is 15.2. The van der Waals surface area contributed by atoms with E-state index in [1.807, 2.05) is 0 Å². The van der Waals surface area contributed by atoms with Crippen LogP contribution < -0.4 is 10.6 Å². The summed E-state index contributed by atoms with van der Waals surface area (Å²) in [6.45, 7) is 3.38. The Morgan fingerprint density at radius 1 is 1.31 bits per heavy atom. The zero-order valence-corrected chi connectivity index (χ0v) is 9.89. The van der Waals surface area contributed by atoms with Gasteiger partial charge in [0.1, 0.15) is 0 Å². The van der Waals surface area contributed by atoms with E-state index in [1.165, 1.54) is 24.1 Å². The molecule has 0 spiro atoms. The van der Waals surface area contributed by atoms with Crippen molar-refractivity contribution >= 4 is 5.69 Å². The number of anilines is 1. The lowest BCUT2D eigenvalue weighted by Crippen LogP contribution is -2.41. The van der Waals surface area contributed by atoms with Crippen molar-refractivity contribution in [2.24, 2.45) is 5.73 Å². The second-order valence-corrected chi connectivity index (χ2v) is 5.09. The van der Waals surface area contributed by atoms with Crippen LogP contribution in [-0.4, -0.2) is 18.6 Å². The van der Waals surface area contributed by atoms with Crippen molar-refractivity contribution in [2.45, 2.75) is 44.2 Å². The summed E-state index contributed by atoms with van der Waals surface area (Å²) in [5, 5.41) is 0. The van der Waals surface area contributed by atoms with E-state index in [0.29, 0.717) is 18.0 Å². The standard InChI is InChI=1S/C14H20N2/c1-2-16-13-6-4-3-5-11(13)12-9-10(15)7-8-14(12)16/h3-6,10,12,14H,2,7-9,15H2,1H3. The summed E-state index contributed by atoms with van der Waals surface area (Å²) in [7, 11) is 0. The zero-order chi connectivity index (χ0) is 11.1. The molecule has 0 saturated heterocycles. The van der Waals surface area contributed by atoms with E-state index in [1.54, 1.807) is 0 Å². The van der Waals surface area contributed by atoms with Gasteiger partial charge in [0.25, 0.3) is 0 Å². The van der Waals surface area contributed by atoms with Crippen molar-refractivity contribution in [2.75, 3.05) is 11.4 Å². The number of para-hydroxylation sites is 1. The molecule has 2 heteroatoms. The summed E-state index contributed by atoms with van der Waals surface area (Å²) >= 11 is 0.